The smallest absolute Gasteiger partial charge is 0.329 e. The van der Waals surface area contributed by atoms with E-state index in [2.05, 4.69) is 22.0 Å². The molecule has 2 heterocycles. The molecule has 0 saturated carbocycles. The van der Waals surface area contributed by atoms with Gasteiger partial charge in [0, 0.05) is 11.6 Å². The summed E-state index contributed by atoms with van der Waals surface area (Å²) in [5, 5.41) is 4.62. The second-order valence-electron chi connectivity index (χ2n) is 6.41. The van der Waals surface area contributed by atoms with Gasteiger partial charge < -0.3 is 13.9 Å². The maximum Gasteiger partial charge on any atom is 0.329 e. The van der Waals surface area contributed by atoms with Crippen molar-refractivity contribution in [1.29, 1.82) is 0 Å². The summed E-state index contributed by atoms with van der Waals surface area (Å²) in [5.74, 6) is 2.58. The highest BCUT2D eigenvalue weighted by Crippen LogP contribution is 2.36. The zero-order valence-corrected chi connectivity index (χ0v) is 17.2. The van der Waals surface area contributed by atoms with Crippen LogP contribution in [0.25, 0.3) is 28.7 Å². The molecule has 148 valence electrons. The molecule has 0 amide bonds. The molecule has 0 unspecified atom stereocenters. The molecule has 0 N–H and O–H groups in total. The van der Waals surface area contributed by atoms with Crippen LogP contribution >= 0.6 is 12.2 Å². The highest BCUT2D eigenvalue weighted by atomic mass is 32.1. The van der Waals surface area contributed by atoms with Gasteiger partial charge in [-0.3, -0.25) is 0 Å². The van der Waals surface area contributed by atoms with E-state index in [9.17, 15) is 0 Å². The average molecular weight is 408 g/mol. The number of benzene rings is 2. The van der Waals surface area contributed by atoms with Gasteiger partial charge in [-0.1, -0.05) is 43.7 Å². The summed E-state index contributed by atoms with van der Waals surface area (Å²) in [6.45, 7) is 2.12. The van der Waals surface area contributed by atoms with Crippen molar-refractivity contribution in [2.45, 2.75) is 19.8 Å². The average Bonchev–Trinajstić information content (AvgIpc) is 3.17. The largest absolute Gasteiger partial charge is 0.496 e. The molecular formula is C21H20N4O3S. The van der Waals surface area contributed by atoms with Gasteiger partial charge >= 0.3 is 5.84 Å². The molecule has 0 radical (unpaired) electrons. The first-order chi connectivity index (χ1) is 14.1. The van der Waals surface area contributed by atoms with Crippen molar-refractivity contribution >= 4 is 18.1 Å². The summed E-state index contributed by atoms with van der Waals surface area (Å²) in [4.78, 5) is 8.62. The highest BCUT2D eigenvalue weighted by Gasteiger charge is 2.20. The van der Waals surface area contributed by atoms with Gasteiger partial charge in [-0.15, -0.1) is 5.10 Å². The molecule has 0 aliphatic carbocycles. The lowest BCUT2D eigenvalue weighted by molar-refractivity contribution is 0.391. The monoisotopic (exact) mass is 408 g/mol. The molecule has 0 fully saturated rings. The summed E-state index contributed by atoms with van der Waals surface area (Å²) in [6, 6.07) is 13.5. The Morgan fingerprint density at radius 1 is 1.03 bits per heavy atom. The van der Waals surface area contributed by atoms with E-state index >= 15 is 0 Å². The molecule has 7 nitrogen and oxygen atoms in total. The predicted molar refractivity (Wildman–Crippen MR) is 112 cm³/mol. The van der Waals surface area contributed by atoms with Crippen LogP contribution in [0.15, 0.2) is 46.9 Å². The van der Waals surface area contributed by atoms with Crippen molar-refractivity contribution in [3.05, 3.63) is 52.8 Å². The van der Waals surface area contributed by atoms with Gasteiger partial charge in [-0.2, -0.15) is 14.5 Å². The van der Waals surface area contributed by atoms with Crippen LogP contribution in [0.2, 0.25) is 0 Å². The van der Waals surface area contributed by atoms with Gasteiger partial charge in [-0.05, 0) is 30.3 Å². The van der Waals surface area contributed by atoms with Gasteiger partial charge in [-0.25, -0.2) is 0 Å². The molecule has 0 saturated heterocycles. The summed E-state index contributed by atoms with van der Waals surface area (Å²) in [5.41, 5.74) is 2.63. The van der Waals surface area contributed by atoms with E-state index in [0.29, 0.717) is 23.0 Å². The minimum Gasteiger partial charge on any atom is -0.496 e. The van der Waals surface area contributed by atoms with E-state index in [-0.39, 0.29) is 10.6 Å². The summed E-state index contributed by atoms with van der Waals surface area (Å²) in [6.07, 6.45) is 1.84. The Balaban J connectivity index is 1.94. The number of hydrogen-bond donors (Lipinski definition) is 0. The van der Waals surface area contributed by atoms with Gasteiger partial charge in [0.25, 0.3) is 5.89 Å². The minimum absolute atomic E-state index is 0.194. The second-order valence-corrected chi connectivity index (χ2v) is 6.78. The van der Waals surface area contributed by atoms with E-state index < -0.39 is 0 Å². The number of aromatic nitrogens is 4. The third-order valence-corrected chi connectivity index (χ3v) is 4.72. The lowest BCUT2D eigenvalue weighted by Crippen LogP contribution is -2.00. The van der Waals surface area contributed by atoms with Crippen molar-refractivity contribution in [3.8, 4) is 34.3 Å². The van der Waals surface area contributed by atoms with Crippen LogP contribution < -0.4 is 9.47 Å². The molecule has 4 aromatic rings. The zero-order valence-electron chi connectivity index (χ0n) is 16.4. The highest BCUT2D eigenvalue weighted by molar-refractivity contribution is 7.71. The molecule has 4 rings (SSSR count). The molecular weight excluding hydrogens is 388 g/mol. The first-order valence-electron chi connectivity index (χ1n) is 9.23. The molecule has 2 aromatic heterocycles. The van der Waals surface area contributed by atoms with Crippen LogP contribution in [0.4, 0.5) is 0 Å². The maximum atomic E-state index is 5.96. The Kier molecular flexibility index (Phi) is 5.26. The normalized spacial score (nSPS) is 11.0. The summed E-state index contributed by atoms with van der Waals surface area (Å²) >= 11 is 5.23. The van der Waals surface area contributed by atoms with E-state index in [1.807, 2.05) is 42.5 Å². The van der Waals surface area contributed by atoms with Crippen molar-refractivity contribution in [2.24, 2.45) is 0 Å². The molecule has 2 aromatic carbocycles. The maximum absolute atomic E-state index is 5.96. The Bertz CT molecular complexity index is 1220. The van der Waals surface area contributed by atoms with Gasteiger partial charge in [0.1, 0.15) is 11.5 Å². The fourth-order valence-electron chi connectivity index (χ4n) is 3.22. The number of methoxy groups -OCH3 is 2. The zero-order chi connectivity index (χ0) is 20.4. The van der Waals surface area contributed by atoms with Gasteiger partial charge in [0.05, 0.1) is 19.8 Å². The Labute approximate surface area is 173 Å². The lowest BCUT2D eigenvalue weighted by Gasteiger charge is -2.12. The van der Waals surface area contributed by atoms with E-state index in [4.69, 9.17) is 26.1 Å². The van der Waals surface area contributed by atoms with Crippen LogP contribution in [0.5, 0.6) is 11.5 Å². The van der Waals surface area contributed by atoms with Gasteiger partial charge in [0.15, 0.2) is 5.82 Å². The Morgan fingerprint density at radius 2 is 1.79 bits per heavy atom. The quantitative estimate of drug-likeness (QED) is 0.426. The van der Waals surface area contributed by atoms with Gasteiger partial charge in [0.2, 0.25) is 4.77 Å². The van der Waals surface area contributed by atoms with Crippen LogP contribution in [0.1, 0.15) is 18.9 Å². The van der Waals surface area contributed by atoms with E-state index in [0.717, 1.165) is 29.7 Å². The number of nitrogens with zero attached hydrogens (tertiary/aromatic N) is 4. The topological polar surface area (TPSA) is 74.7 Å². The van der Waals surface area contributed by atoms with Crippen LogP contribution in [0.3, 0.4) is 0 Å². The van der Waals surface area contributed by atoms with Crippen LogP contribution in [-0.2, 0) is 6.42 Å². The fourth-order valence-corrected chi connectivity index (χ4v) is 3.38. The van der Waals surface area contributed by atoms with Crippen molar-refractivity contribution in [1.82, 2.24) is 19.6 Å². The Morgan fingerprint density at radius 3 is 2.48 bits per heavy atom. The number of ether oxygens (including phenoxy) is 2. The lowest BCUT2D eigenvalue weighted by atomic mass is 10.0. The van der Waals surface area contributed by atoms with E-state index in [1.165, 1.54) is 0 Å². The number of fused-ring (bicyclic) bond motifs is 1. The van der Waals surface area contributed by atoms with Crippen molar-refractivity contribution in [3.63, 3.8) is 0 Å². The molecule has 0 spiro atoms. The number of aryl methyl sites for hydroxylation is 1. The molecule has 0 aliphatic rings. The standard InChI is InChI=1S/C21H20N4O3S/c1-4-8-14-11-15(17(27-3)12-16(14)26-2)19-24-25-18(13-9-6-5-7-10-13)22-20(29)23-21(25)28-19/h5-7,9-12H,4,8H2,1-3H3. The van der Waals surface area contributed by atoms with E-state index in [1.54, 1.807) is 18.7 Å². The summed E-state index contributed by atoms with van der Waals surface area (Å²) < 4.78 is 18.8. The number of hydrogen-bond acceptors (Lipinski definition) is 7. The summed E-state index contributed by atoms with van der Waals surface area (Å²) in [7, 11) is 3.25. The molecule has 8 heteroatoms. The van der Waals surface area contributed by atoms with Crippen molar-refractivity contribution < 1.29 is 13.9 Å². The third kappa shape index (κ3) is 3.58. The first-order valence-corrected chi connectivity index (χ1v) is 9.64. The molecule has 0 atom stereocenters. The minimum atomic E-state index is 0.194. The second kappa shape index (κ2) is 8.00. The SMILES string of the molecule is CCCc1cc(-c2nn3c(-c4ccccc4)nc(=S)nc3o2)c(OC)cc1OC. The molecule has 29 heavy (non-hydrogen) atoms. The van der Waals surface area contributed by atoms with Crippen LogP contribution in [0, 0.1) is 4.77 Å². The first kappa shape index (κ1) is 19.1. The molecule has 0 aliphatic heterocycles. The third-order valence-electron chi connectivity index (χ3n) is 4.54. The van der Waals surface area contributed by atoms with Crippen molar-refractivity contribution in [2.75, 3.05) is 14.2 Å². The van der Waals surface area contributed by atoms with Crippen LogP contribution in [-0.4, -0.2) is 33.8 Å². The fraction of sp³-hybridized carbons (Fsp3) is 0.238. The number of rotatable bonds is 6. The predicted octanol–water partition coefficient (Wildman–Crippen LogP) is 4.75. The molecule has 0 bridgehead atoms. The Hall–Kier alpha value is -3.26.